The SMILES string of the molecule is COc1cc2c(cc1C(=O)NCc1ccco1)OCCCO2. The Bertz CT molecular complexity index is 651. The van der Waals surface area contributed by atoms with Gasteiger partial charge in [-0.2, -0.15) is 0 Å². The van der Waals surface area contributed by atoms with Gasteiger partial charge in [-0.1, -0.05) is 0 Å². The second kappa shape index (κ2) is 6.43. The highest BCUT2D eigenvalue weighted by Crippen LogP contribution is 2.36. The first kappa shape index (κ1) is 14.3. The number of nitrogens with one attached hydrogen (secondary N) is 1. The second-order valence-corrected chi connectivity index (χ2v) is 4.81. The van der Waals surface area contributed by atoms with Gasteiger partial charge in [0.15, 0.2) is 11.5 Å². The maximum Gasteiger partial charge on any atom is 0.255 e. The molecule has 1 aromatic carbocycles. The molecule has 116 valence electrons. The molecule has 1 N–H and O–H groups in total. The molecule has 0 saturated carbocycles. The minimum absolute atomic E-state index is 0.260. The molecule has 6 heteroatoms. The van der Waals surface area contributed by atoms with E-state index >= 15 is 0 Å². The molecule has 1 aliphatic heterocycles. The molecule has 0 bridgehead atoms. The third-order valence-electron chi connectivity index (χ3n) is 3.32. The normalized spacial score (nSPS) is 13.3. The lowest BCUT2D eigenvalue weighted by molar-refractivity contribution is 0.0944. The standard InChI is InChI=1S/C16H17NO5/c1-19-13-9-15-14(21-6-3-7-22-15)8-12(13)16(18)17-10-11-4-2-5-20-11/h2,4-5,8-9H,3,6-7,10H2,1H3,(H,17,18). The zero-order chi connectivity index (χ0) is 15.4. The van der Waals surface area contributed by atoms with Crippen molar-refractivity contribution in [1.82, 2.24) is 5.32 Å². The number of benzene rings is 1. The maximum atomic E-state index is 12.4. The van der Waals surface area contributed by atoms with Gasteiger partial charge in [-0.25, -0.2) is 0 Å². The molecule has 1 aromatic heterocycles. The van der Waals surface area contributed by atoms with Crippen LogP contribution < -0.4 is 19.5 Å². The van der Waals surface area contributed by atoms with Crippen molar-refractivity contribution in [2.45, 2.75) is 13.0 Å². The molecule has 0 radical (unpaired) electrons. The Morgan fingerprint density at radius 1 is 1.27 bits per heavy atom. The third kappa shape index (κ3) is 3.00. The third-order valence-corrected chi connectivity index (χ3v) is 3.32. The van der Waals surface area contributed by atoms with E-state index in [-0.39, 0.29) is 5.91 Å². The molecule has 0 unspecified atom stereocenters. The summed E-state index contributed by atoms with van der Waals surface area (Å²) in [5.41, 5.74) is 0.401. The Morgan fingerprint density at radius 2 is 2.05 bits per heavy atom. The topological polar surface area (TPSA) is 69.9 Å². The van der Waals surface area contributed by atoms with Gasteiger partial charge in [0.25, 0.3) is 5.91 Å². The summed E-state index contributed by atoms with van der Waals surface area (Å²) in [6.07, 6.45) is 2.37. The Balaban J connectivity index is 1.82. The molecule has 6 nitrogen and oxygen atoms in total. The van der Waals surface area contributed by atoms with Crippen LogP contribution in [0, 0.1) is 0 Å². The molecular weight excluding hydrogens is 286 g/mol. The molecule has 1 amide bonds. The summed E-state index contributed by atoms with van der Waals surface area (Å²) in [5, 5.41) is 2.79. The van der Waals surface area contributed by atoms with Crippen LogP contribution in [-0.4, -0.2) is 26.2 Å². The van der Waals surface area contributed by atoms with Crippen LogP contribution in [0.2, 0.25) is 0 Å². The molecule has 0 spiro atoms. The Labute approximate surface area is 128 Å². The number of ether oxygens (including phenoxy) is 3. The number of carbonyl (C=O) groups is 1. The molecule has 0 saturated heterocycles. The highest BCUT2D eigenvalue weighted by molar-refractivity contribution is 5.97. The average Bonchev–Trinajstić information content (AvgIpc) is 2.95. The number of rotatable bonds is 4. The zero-order valence-corrected chi connectivity index (χ0v) is 12.3. The van der Waals surface area contributed by atoms with E-state index in [2.05, 4.69) is 5.32 Å². The van der Waals surface area contributed by atoms with Crippen LogP contribution in [-0.2, 0) is 6.54 Å². The van der Waals surface area contributed by atoms with Crippen molar-refractivity contribution in [3.8, 4) is 17.2 Å². The highest BCUT2D eigenvalue weighted by Gasteiger charge is 2.19. The minimum atomic E-state index is -0.260. The lowest BCUT2D eigenvalue weighted by Gasteiger charge is -2.13. The first-order valence-corrected chi connectivity index (χ1v) is 7.06. The molecule has 3 rings (SSSR count). The van der Waals surface area contributed by atoms with Crippen LogP contribution in [0.15, 0.2) is 34.9 Å². The van der Waals surface area contributed by atoms with Crippen LogP contribution in [0.1, 0.15) is 22.5 Å². The number of fused-ring (bicyclic) bond motifs is 1. The minimum Gasteiger partial charge on any atom is -0.496 e. The highest BCUT2D eigenvalue weighted by atomic mass is 16.5. The first-order chi connectivity index (χ1) is 10.8. The van der Waals surface area contributed by atoms with Gasteiger partial charge < -0.3 is 23.9 Å². The van der Waals surface area contributed by atoms with Crippen LogP contribution in [0.5, 0.6) is 17.2 Å². The van der Waals surface area contributed by atoms with E-state index in [1.54, 1.807) is 30.5 Å². The van der Waals surface area contributed by atoms with Gasteiger partial charge in [0.1, 0.15) is 11.5 Å². The monoisotopic (exact) mass is 303 g/mol. The Morgan fingerprint density at radius 3 is 2.73 bits per heavy atom. The van der Waals surface area contributed by atoms with Gasteiger partial charge in [0, 0.05) is 18.6 Å². The van der Waals surface area contributed by atoms with E-state index in [1.807, 2.05) is 0 Å². The molecular formula is C16H17NO5. The van der Waals surface area contributed by atoms with Crippen molar-refractivity contribution < 1.29 is 23.4 Å². The first-order valence-electron chi connectivity index (χ1n) is 7.06. The Kier molecular flexibility index (Phi) is 4.18. The largest absolute Gasteiger partial charge is 0.496 e. The molecule has 0 fully saturated rings. The summed E-state index contributed by atoms with van der Waals surface area (Å²) < 4.78 is 21.7. The second-order valence-electron chi connectivity index (χ2n) is 4.81. The van der Waals surface area contributed by atoms with E-state index in [4.69, 9.17) is 18.6 Å². The van der Waals surface area contributed by atoms with Crippen LogP contribution >= 0.6 is 0 Å². The fourth-order valence-electron chi connectivity index (χ4n) is 2.21. The molecule has 2 aromatic rings. The van der Waals surface area contributed by atoms with Crippen molar-refractivity contribution in [3.05, 3.63) is 41.9 Å². The van der Waals surface area contributed by atoms with Gasteiger partial charge in [-0.3, -0.25) is 4.79 Å². The van der Waals surface area contributed by atoms with E-state index in [0.717, 1.165) is 6.42 Å². The average molecular weight is 303 g/mol. The van der Waals surface area contributed by atoms with E-state index in [0.29, 0.717) is 48.3 Å². The van der Waals surface area contributed by atoms with Gasteiger partial charge in [-0.15, -0.1) is 0 Å². The van der Waals surface area contributed by atoms with Gasteiger partial charge in [0.05, 0.1) is 38.7 Å². The van der Waals surface area contributed by atoms with E-state index in [1.165, 1.54) is 7.11 Å². The summed E-state index contributed by atoms with van der Waals surface area (Å²) in [5.74, 6) is 2.02. The maximum absolute atomic E-state index is 12.4. The smallest absolute Gasteiger partial charge is 0.255 e. The van der Waals surface area contributed by atoms with Crippen LogP contribution in [0.25, 0.3) is 0 Å². The van der Waals surface area contributed by atoms with Crippen molar-refractivity contribution >= 4 is 5.91 Å². The number of hydrogen-bond acceptors (Lipinski definition) is 5. The van der Waals surface area contributed by atoms with Crippen LogP contribution in [0.3, 0.4) is 0 Å². The van der Waals surface area contributed by atoms with Gasteiger partial charge in [0.2, 0.25) is 0 Å². The van der Waals surface area contributed by atoms with Crippen molar-refractivity contribution in [2.75, 3.05) is 20.3 Å². The predicted molar refractivity (Wildman–Crippen MR) is 78.5 cm³/mol. The van der Waals surface area contributed by atoms with Crippen molar-refractivity contribution in [3.63, 3.8) is 0 Å². The van der Waals surface area contributed by atoms with Gasteiger partial charge in [-0.05, 0) is 12.1 Å². The summed E-state index contributed by atoms with van der Waals surface area (Å²) >= 11 is 0. The summed E-state index contributed by atoms with van der Waals surface area (Å²) in [7, 11) is 1.52. The number of furan rings is 1. The number of hydrogen-bond donors (Lipinski definition) is 1. The Hall–Kier alpha value is -2.63. The molecule has 0 aliphatic carbocycles. The zero-order valence-electron chi connectivity index (χ0n) is 12.3. The molecule has 0 atom stereocenters. The van der Waals surface area contributed by atoms with Crippen LogP contribution in [0.4, 0.5) is 0 Å². The van der Waals surface area contributed by atoms with Crippen molar-refractivity contribution in [1.29, 1.82) is 0 Å². The quantitative estimate of drug-likeness (QED) is 0.939. The fourth-order valence-corrected chi connectivity index (χ4v) is 2.21. The molecule has 1 aliphatic rings. The van der Waals surface area contributed by atoms with Crippen molar-refractivity contribution in [2.24, 2.45) is 0 Å². The molecule has 2 heterocycles. The predicted octanol–water partition coefficient (Wildman–Crippen LogP) is 2.38. The summed E-state index contributed by atoms with van der Waals surface area (Å²) in [6.45, 7) is 1.45. The number of carbonyl (C=O) groups excluding carboxylic acids is 1. The van der Waals surface area contributed by atoms with E-state index < -0.39 is 0 Å². The fraction of sp³-hybridized carbons (Fsp3) is 0.312. The van der Waals surface area contributed by atoms with Gasteiger partial charge >= 0.3 is 0 Å². The molecule has 22 heavy (non-hydrogen) atoms. The summed E-state index contributed by atoms with van der Waals surface area (Å²) in [4.78, 5) is 12.4. The number of amides is 1. The van der Waals surface area contributed by atoms with E-state index in [9.17, 15) is 4.79 Å². The number of methoxy groups -OCH3 is 1. The lowest BCUT2D eigenvalue weighted by atomic mass is 10.1. The lowest BCUT2D eigenvalue weighted by Crippen LogP contribution is -2.23. The summed E-state index contributed by atoms with van der Waals surface area (Å²) in [6, 6.07) is 6.90.